The van der Waals surface area contributed by atoms with Crippen LogP contribution in [0.4, 0.5) is 0 Å². The summed E-state index contributed by atoms with van der Waals surface area (Å²) in [5.74, 6) is 1.76. The van der Waals surface area contributed by atoms with E-state index in [-0.39, 0.29) is 0 Å². The molecule has 0 bridgehead atoms. The van der Waals surface area contributed by atoms with Gasteiger partial charge in [0.05, 0.1) is 10.6 Å². The molecule has 5 nitrogen and oxygen atoms in total. The van der Waals surface area contributed by atoms with Crippen LogP contribution in [0.15, 0.2) is 0 Å². The molecule has 0 aliphatic rings. The molecule has 0 atom stereocenters. The van der Waals surface area contributed by atoms with Crippen LogP contribution >= 0.6 is 11.3 Å². The van der Waals surface area contributed by atoms with Crippen molar-refractivity contribution in [3.8, 4) is 10.7 Å². The molecule has 0 saturated heterocycles. The highest BCUT2D eigenvalue weighted by Crippen LogP contribution is 2.28. The Kier molecular flexibility index (Phi) is 2.54. The van der Waals surface area contributed by atoms with Crippen LogP contribution in [0.1, 0.15) is 16.5 Å². The zero-order chi connectivity index (χ0) is 11.0. The van der Waals surface area contributed by atoms with Crippen molar-refractivity contribution < 1.29 is 0 Å². The van der Waals surface area contributed by atoms with Gasteiger partial charge in [-0.25, -0.2) is 4.98 Å². The molecule has 0 aliphatic carbocycles. The van der Waals surface area contributed by atoms with Crippen LogP contribution in [0.3, 0.4) is 0 Å². The molecule has 0 unspecified atom stereocenters. The van der Waals surface area contributed by atoms with Gasteiger partial charge in [-0.15, -0.1) is 21.5 Å². The molecule has 0 amide bonds. The minimum Gasteiger partial charge on any atom is -0.325 e. The molecule has 2 aromatic heterocycles. The lowest BCUT2D eigenvalue weighted by Gasteiger charge is -1.98. The molecule has 0 aromatic carbocycles. The molecule has 2 aromatic rings. The molecule has 0 saturated carbocycles. The summed E-state index contributed by atoms with van der Waals surface area (Å²) in [6, 6.07) is 0. The fourth-order valence-corrected chi connectivity index (χ4v) is 2.32. The SMILES string of the molecule is Cc1nc(CN)sc1-c1nnc(C)n1C. The molecule has 0 radical (unpaired) electrons. The van der Waals surface area contributed by atoms with Crippen LogP contribution in [0, 0.1) is 13.8 Å². The van der Waals surface area contributed by atoms with Gasteiger partial charge in [0, 0.05) is 13.6 Å². The van der Waals surface area contributed by atoms with Gasteiger partial charge < -0.3 is 10.3 Å². The van der Waals surface area contributed by atoms with Crippen molar-refractivity contribution in [2.24, 2.45) is 12.8 Å². The summed E-state index contributed by atoms with van der Waals surface area (Å²) in [5.41, 5.74) is 6.53. The van der Waals surface area contributed by atoms with E-state index in [4.69, 9.17) is 5.73 Å². The van der Waals surface area contributed by atoms with E-state index in [2.05, 4.69) is 15.2 Å². The first-order valence-corrected chi connectivity index (χ1v) is 5.48. The van der Waals surface area contributed by atoms with E-state index >= 15 is 0 Å². The second kappa shape index (κ2) is 3.71. The van der Waals surface area contributed by atoms with Gasteiger partial charge >= 0.3 is 0 Å². The molecule has 2 rings (SSSR count). The van der Waals surface area contributed by atoms with Gasteiger partial charge in [-0.05, 0) is 13.8 Å². The second-order valence-electron chi connectivity index (χ2n) is 3.36. The second-order valence-corrected chi connectivity index (χ2v) is 4.44. The third-order valence-corrected chi connectivity index (χ3v) is 3.49. The van der Waals surface area contributed by atoms with Gasteiger partial charge in [-0.2, -0.15) is 0 Å². The Bertz CT molecular complexity index is 485. The number of nitrogens with two attached hydrogens (primary N) is 1. The Labute approximate surface area is 92.0 Å². The lowest BCUT2D eigenvalue weighted by molar-refractivity contribution is 0.865. The van der Waals surface area contributed by atoms with Crippen molar-refractivity contribution in [1.29, 1.82) is 0 Å². The topological polar surface area (TPSA) is 69.6 Å². The summed E-state index contributed by atoms with van der Waals surface area (Å²) in [7, 11) is 1.95. The van der Waals surface area contributed by atoms with Crippen LogP contribution < -0.4 is 5.73 Å². The Hall–Kier alpha value is -1.27. The van der Waals surface area contributed by atoms with E-state index in [1.54, 1.807) is 11.3 Å². The summed E-state index contributed by atoms with van der Waals surface area (Å²) in [5, 5.41) is 9.10. The standard InChI is InChI=1S/C9H13N5S/c1-5-8(15-7(4-10)11-5)9-13-12-6(2)14(9)3/h4,10H2,1-3H3. The van der Waals surface area contributed by atoms with Gasteiger partial charge in [0.2, 0.25) is 0 Å². The number of rotatable bonds is 2. The maximum atomic E-state index is 5.56. The van der Waals surface area contributed by atoms with Crippen molar-refractivity contribution in [2.45, 2.75) is 20.4 Å². The maximum Gasteiger partial charge on any atom is 0.175 e. The van der Waals surface area contributed by atoms with E-state index in [9.17, 15) is 0 Å². The number of hydrogen-bond donors (Lipinski definition) is 1. The summed E-state index contributed by atoms with van der Waals surface area (Å²) >= 11 is 1.58. The van der Waals surface area contributed by atoms with E-state index < -0.39 is 0 Å². The molecule has 0 fully saturated rings. The van der Waals surface area contributed by atoms with Gasteiger partial charge in [0.1, 0.15) is 10.8 Å². The molecule has 6 heteroatoms. The summed E-state index contributed by atoms with van der Waals surface area (Å²) < 4.78 is 1.96. The smallest absolute Gasteiger partial charge is 0.175 e. The minimum atomic E-state index is 0.475. The fourth-order valence-electron chi connectivity index (χ4n) is 1.35. The van der Waals surface area contributed by atoms with Gasteiger partial charge in [0.15, 0.2) is 5.82 Å². The average molecular weight is 223 g/mol. The highest BCUT2D eigenvalue weighted by atomic mass is 32.1. The maximum absolute atomic E-state index is 5.56. The van der Waals surface area contributed by atoms with E-state index in [1.165, 1.54) is 0 Å². The molecule has 15 heavy (non-hydrogen) atoms. The molecule has 2 heterocycles. The first-order valence-electron chi connectivity index (χ1n) is 4.66. The Balaban J connectivity index is 2.53. The third kappa shape index (κ3) is 1.66. The monoisotopic (exact) mass is 223 g/mol. The zero-order valence-corrected chi connectivity index (χ0v) is 9.80. The first-order chi connectivity index (χ1) is 7.13. The predicted octanol–water partition coefficient (Wildman–Crippen LogP) is 1.01. The van der Waals surface area contributed by atoms with Gasteiger partial charge in [-0.1, -0.05) is 0 Å². The Morgan fingerprint density at radius 2 is 2.07 bits per heavy atom. The first kappa shape index (κ1) is 10.3. The summed E-state index contributed by atoms with van der Waals surface area (Å²) in [6.45, 7) is 4.37. The number of aryl methyl sites for hydroxylation is 2. The van der Waals surface area contributed by atoms with E-state index in [1.807, 2.05) is 25.5 Å². The van der Waals surface area contributed by atoms with Crippen LogP contribution in [-0.2, 0) is 13.6 Å². The average Bonchev–Trinajstić information content (AvgIpc) is 2.73. The van der Waals surface area contributed by atoms with Crippen molar-refractivity contribution in [3.63, 3.8) is 0 Å². The van der Waals surface area contributed by atoms with Crippen molar-refractivity contribution in [1.82, 2.24) is 19.7 Å². The molecule has 0 aliphatic heterocycles. The van der Waals surface area contributed by atoms with Crippen molar-refractivity contribution >= 4 is 11.3 Å². The van der Waals surface area contributed by atoms with E-state index in [0.29, 0.717) is 6.54 Å². The van der Waals surface area contributed by atoms with Crippen LogP contribution in [0.2, 0.25) is 0 Å². The van der Waals surface area contributed by atoms with Crippen LogP contribution in [-0.4, -0.2) is 19.7 Å². The molecule has 80 valence electrons. The van der Waals surface area contributed by atoms with E-state index in [0.717, 1.165) is 27.2 Å². The lowest BCUT2D eigenvalue weighted by atomic mass is 10.4. The Morgan fingerprint density at radius 1 is 1.33 bits per heavy atom. The van der Waals surface area contributed by atoms with Crippen LogP contribution in [0.25, 0.3) is 10.7 Å². The molecule has 0 spiro atoms. The molecular weight excluding hydrogens is 210 g/mol. The van der Waals surface area contributed by atoms with Gasteiger partial charge in [-0.3, -0.25) is 0 Å². The normalized spacial score (nSPS) is 10.9. The number of hydrogen-bond acceptors (Lipinski definition) is 5. The minimum absolute atomic E-state index is 0.475. The lowest BCUT2D eigenvalue weighted by Crippen LogP contribution is -1.94. The Morgan fingerprint density at radius 3 is 2.53 bits per heavy atom. The summed E-state index contributed by atoms with van der Waals surface area (Å²) in [6.07, 6.45) is 0. The largest absolute Gasteiger partial charge is 0.325 e. The quantitative estimate of drug-likeness (QED) is 0.825. The number of thiazole rings is 1. The fraction of sp³-hybridized carbons (Fsp3) is 0.444. The van der Waals surface area contributed by atoms with Crippen molar-refractivity contribution in [2.75, 3.05) is 0 Å². The highest BCUT2D eigenvalue weighted by Gasteiger charge is 2.14. The van der Waals surface area contributed by atoms with Crippen LogP contribution in [0.5, 0.6) is 0 Å². The molecular formula is C9H13N5S. The summed E-state index contributed by atoms with van der Waals surface area (Å²) in [4.78, 5) is 5.42. The molecule has 2 N–H and O–H groups in total. The highest BCUT2D eigenvalue weighted by molar-refractivity contribution is 7.15. The number of nitrogens with zero attached hydrogens (tertiary/aromatic N) is 4. The predicted molar refractivity (Wildman–Crippen MR) is 59.5 cm³/mol. The van der Waals surface area contributed by atoms with Crippen molar-refractivity contribution in [3.05, 3.63) is 16.5 Å². The van der Waals surface area contributed by atoms with Gasteiger partial charge in [0.25, 0.3) is 0 Å². The third-order valence-electron chi connectivity index (χ3n) is 2.31. The number of aromatic nitrogens is 4. The zero-order valence-electron chi connectivity index (χ0n) is 8.98.